The van der Waals surface area contributed by atoms with E-state index in [-0.39, 0.29) is 29.7 Å². The highest BCUT2D eigenvalue weighted by Gasteiger charge is 2.71. The Morgan fingerprint density at radius 2 is 0.690 bits per heavy atom. The van der Waals surface area contributed by atoms with E-state index in [1.807, 2.05) is 0 Å². The molecule has 12 bridgehead atoms. The van der Waals surface area contributed by atoms with Crippen LogP contribution in [0.2, 0.25) is 0 Å². The molecule has 13 aliphatic carbocycles. The van der Waals surface area contributed by atoms with Gasteiger partial charge in [-0.1, -0.05) is 201 Å². The molecule has 0 N–H and O–H groups in total. The number of fused-ring (bicyclic) bond motifs is 14. The van der Waals surface area contributed by atoms with Crippen molar-refractivity contribution >= 4 is 149 Å². The number of benzene rings is 13. The summed E-state index contributed by atoms with van der Waals surface area (Å²) in [5.41, 5.74) is 37.6. The van der Waals surface area contributed by atoms with Gasteiger partial charge in [0, 0.05) is 91.0 Å². The molecule has 0 radical (unpaired) electrons. The van der Waals surface area contributed by atoms with Crippen LogP contribution >= 0.6 is 0 Å². The molecular weight excluding hydrogens is 1520 g/mol. The first-order valence-corrected chi connectivity index (χ1v) is 49.3. The maximum atomic E-state index is 2.91. The first-order valence-electron chi connectivity index (χ1n) is 49.3. The molecule has 4 aliphatic heterocycles. The van der Waals surface area contributed by atoms with Gasteiger partial charge in [0.15, 0.2) is 0 Å². The Balaban J connectivity index is 0.696. The van der Waals surface area contributed by atoms with Crippen LogP contribution in [0.1, 0.15) is 170 Å². The van der Waals surface area contributed by atoms with E-state index in [1.165, 1.54) is 277 Å². The predicted molar refractivity (Wildman–Crippen MR) is 523 cm³/mol. The van der Waals surface area contributed by atoms with Crippen molar-refractivity contribution in [3.8, 4) is 0 Å². The second-order valence-electron chi connectivity index (χ2n) is 43.7. The molecule has 1 spiro atoms. The van der Waals surface area contributed by atoms with Crippen LogP contribution < -0.4 is 62.2 Å². The second-order valence-corrected chi connectivity index (χ2v) is 43.7. The summed E-state index contributed by atoms with van der Waals surface area (Å²) in [6.07, 6.45) is 32.6. The molecule has 30 rings (SSSR count). The molecule has 4 heterocycles. The highest BCUT2D eigenvalue weighted by molar-refractivity contribution is 7.03. The monoisotopic (exact) mass is 1630 g/mol. The third-order valence-corrected chi connectivity index (χ3v) is 37.3. The summed E-state index contributed by atoms with van der Waals surface area (Å²) in [5, 5.41) is 0. The lowest BCUT2D eigenvalue weighted by Crippen LogP contribution is -2.65. The summed E-state index contributed by atoms with van der Waals surface area (Å²) in [4.78, 5) is 16.7. The second kappa shape index (κ2) is 27.2. The number of anilines is 18. The molecule has 13 fully saturated rings. The standard InChI is InChI=1S/C118H110B2N6/c1-5-26-88(27-6-1)121-105-43-23-17-37-97(105)119-99-64-100-108(65-107(99)123(90-30-9-3-10-31-90)111-61-92(60-109(121)113(111)119)125(101-39-19-13-25-84(101)55-77-50-75-45-46-76(49-75)51-77)104-42-22-16-36-96(104)117-70-82-58-86-59-87(73-117)118(86,71-82)74-117)124(91-32-11-4-12-33-91)112-63-93(62-110-114(112)120(100)98-38-18-24-44-106(98)122(110)89-28-7-2-8-29-89)126(102-40-20-14-34-94(102)115-48-47-83-56-81(66-115)57-85(83)72-115)103-41-21-15-35-95(103)116-67-78-52-79(68-116)54-80(53-78)69-116/h1-44,60-65,75-83,85-87H,45-59,66-74H2. The van der Waals surface area contributed by atoms with E-state index in [0.717, 1.165) is 82.9 Å². The van der Waals surface area contributed by atoms with Gasteiger partial charge in [-0.15, -0.1) is 0 Å². The first-order chi connectivity index (χ1) is 62.2. The van der Waals surface area contributed by atoms with Gasteiger partial charge in [-0.05, 0) is 404 Å². The number of rotatable bonds is 15. The van der Waals surface area contributed by atoms with E-state index >= 15 is 0 Å². The minimum atomic E-state index is -0.155. The van der Waals surface area contributed by atoms with Crippen LogP contribution in [0.15, 0.2) is 303 Å². The third kappa shape index (κ3) is 10.5. The topological polar surface area (TPSA) is 19.4 Å². The maximum Gasteiger partial charge on any atom is 0.252 e. The van der Waals surface area contributed by atoms with Gasteiger partial charge in [-0.3, -0.25) is 0 Å². The summed E-state index contributed by atoms with van der Waals surface area (Å²) >= 11 is 0. The molecule has 13 aromatic rings. The summed E-state index contributed by atoms with van der Waals surface area (Å²) in [6.45, 7) is -0.310. The molecule has 17 aliphatic rings. The van der Waals surface area contributed by atoms with Gasteiger partial charge in [-0.25, -0.2) is 0 Å². The minimum absolute atomic E-state index is 0.112. The van der Waals surface area contributed by atoms with Crippen LogP contribution in [0.4, 0.5) is 102 Å². The number of para-hydroxylation sites is 10. The summed E-state index contributed by atoms with van der Waals surface area (Å²) in [7, 11) is 0. The van der Waals surface area contributed by atoms with E-state index in [1.54, 1.807) is 16.7 Å². The zero-order valence-electron chi connectivity index (χ0n) is 72.6. The fourth-order valence-electron chi connectivity index (χ4n) is 33.6. The molecule has 0 aromatic heterocycles. The fourth-order valence-corrected chi connectivity index (χ4v) is 33.6. The Labute approximate surface area is 745 Å². The number of nitrogens with zero attached hydrogens (tertiary/aromatic N) is 6. The maximum absolute atomic E-state index is 2.91. The summed E-state index contributed by atoms with van der Waals surface area (Å²) < 4.78 is 0. The molecule has 13 aromatic carbocycles. The van der Waals surface area contributed by atoms with E-state index in [9.17, 15) is 0 Å². The average Bonchev–Trinajstić information content (AvgIpc) is 1.44. The Kier molecular flexibility index (Phi) is 15.7. The van der Waals surface area contributed by atoms with Crippen LogP contribution in [-0.2, 0) is 22.7 Å². The van der Waals surface area contributed by atoms with Gasteiger partial charge < -0.3 is 29.4 Å². The zero-order chi connectivity index (χ0) is 82.0. The van der Waals surface area contributed by atoms with Crippen LogP contribution in [0.25, 0.3) is 0 Å². The summed E-state index contributed by atoms with van der Waals surface area (Å²) in [6, 6.07) is 122. The Hall–Kier alpha value is -11.2. The van der Waals surface area contributed by atoms with Gasteiger partial charge >= 0.3 is 0 Å². The minimum Gasteiger partial charge on any atom is -0.311 e. The van der Waals surface area contributed by atoms with E-state index in [0.29, 0.717) is 11.3 Å². The van der Waals surface area contributed by atoms with Crippen LogP contribution in [-0.4, -0.2) is 13.4 Å². The zero-order valence-corrected chi connectivity index (χ0v) is 72.6. The van der Waals surface area contributed by atoms with Crippen molar-refractivity contribution < 1.29 is 0 Å². The number of hydrogen-bond donors (Lipinski definition) is 0. The molecule has 126 heavy (non-hydrogen) atoms. The normalized spacial score (nSPS) is 30.0. The lowest BCUT2D eigenvalue weighted by molar-refractivity contribution is -0.00491. The number of hydrogen-bond acceptors (Lipinski definition) is 6. The van der Waals surface area contributed by atoms with Gasteiger partial charge in [0.25, 0.3) is 13.4 Å². The Bertz CT molecular complexity index is 6520. The van der Waals surface area contributed by atoms with E-state index < -0.39 is 0 Å². The fraction of sp³-hybridized carbons (Fsp3) is 0.339. The van der Waals surface area contributed by atoms with Gasteiger partial charge in [-0.2, -0.15) is 0 Å². The van der Waals surface area contributed by atoms with Crippen molar-refractivity contribution in [1.82, 2.24) is 0 Å². The molecule has 13 saturated carbocycles. The molecule has 8 heteroatoms. The van der Waals surface area contributed by atoms with Crippen molar-refractivity contribution in [2.75, 3.05) is 29.4 Å². The molecule has 11 atom stereocenters. The average molecular weight is 1630 g/mol. The first kappa shape index (κ1) is 72.9. The van der Waals surface area contributed by atoms with Crippen molar-refractivity contribution in [1.29, 1.82) is 0 Å². The lowest BCUT2D eigenvalue weighted by atomic mass is 9.30. The van der Waals surface area contributed by atoms with Crippen molar-refractivity contribution in [2.24, 2.45) is 76.4 Å². The van der Waals surface area contributed by atoms with Crippen LogP contribution in [0.3, 0.4) is 0 Å². The van der Waals surface area contributed by atoms with Crippen LogP contribution in [0, 0.1) is 76.4 Å². The summed E-state index contributed by atoms with van der Waals surface area (Å²) in [5.74, 6) is 9.80. The van der Waals surface area contributed by atoms with E-state index in [4.69, 9.17) is 0 Å². The molecule has 0 saturated heterocycles. The smallest absolute Gasteiger partial charge is 0.252 e. The van der Waals surface area contributed by atoms with E-state index in [2.05, 4.69) is 333 Å². The van der Waals surface area contributed by atoms with Gasteiger partial charge in [0.2, 0.25) is 0 Å². The molecule has 11 unspecified atom stereocenters. The predicted octanol–water partition coefficient (Wildman–Crippen LogP) is 26.6. The third-order valence-electron chi connectivity index (χ3n) is 37.3. The van der Waals surface area contributed by atoms with Crippen molar-refractivity contribution in [3.63, 3.8) is 0 Å². The molecule has 0 amide bonds. The quantitative estimate of drug-likeness (QED) is 0.0946. The lowest BCUT2D eigenvalue weighted by Gasteiger charge is -2.57. The van der Waals surface area contributed by atoms with Crippen molar-refractivity contribution in [3.05, 3.63) is 326 Å². The van der Waals surface area contributed by atoms with Gasteiger partial charge in [0.05, 0.1) is 11.4 Å². The van der Waals surface area contributed by atoms with Crippen LogP contribution in [0.5, 0.6) is 0 Å². The van der Waals surface area contributed by atoms with Gasteiger partial charge in [0.1, 0.15) is 0 Å². The van der Waals surface area contributed by atoms with Crippen molar-refractivity contribution in [2.45, 2.75) is 170 Å². The molecule has 618 valence electrons. The molecular formula is C118H110B2N6. The largest absolute Gasteiger partial charge is 0.311 e. The highest BCUT2D eigenvalue weighted by atomic mass is 15.2. The highest BCUT2D eigenvalue weighted by Crippen LogP contribution is 2.80. The Morgan fingerprint density at radius 1 is 0.278 bits per heavy atom. The Morgan fingerprint density at radius 3 is 1.22 bits per heavy atom. The SMILES string of the molecule is c1ccc(N2c3ccccc3B3c4cc5c(cc4N(c4ccccc4)c4cc(N(c6ccccc6CC6CC7CCC(C7)C6)c6ccccc6C67CC8CC9CC(C6)C9(C8)C7)cc2c43)N(c2ccccc2)c2cc(N(c3ccccc3C34CC6CC(CC(C6)C3)C4)c3ccccc3C34CCC6CC(CC6C3)C4)cc3c2B5c2ccccc2N3c2ccccc2)cc1. The molecule has 6 nitrogen and oxygen atoms in total.